The summed E-state index contributed by atoms with van der Waals surface area (Å²) in [6.07, 6.45) is 5.58. The number of rotatable bonds is 2. The lowest BCUT2D eigenvalue weighted by Crippen LogP contribution is -2.66. The van der Waals surface area contributed by atoms with Crippen molar-refractivity contribution >= 4 is 0 Å². The molecule has 19 heavy (non-hydrogen) atoms. The Morgan fingerprint density at radius 2 is 1.84 bits per heavy atom. The van der Waals surface area contributed by atoms with Crippen molar-refractivity contribution in [3.8, 4) is 0 Å². The summed E-state index contributed by atoms with van der Waals surface area (Å²) in [5.74, 6) is 0.936. The molecule has 0 amide bonds. The average Bonchev–Trinajstić information content (AvgIpc) is 3.21. The summed E-state index contributed by atoms with van der Waals surface area (Å²) in [6.45, 7) is 11.0. The Bertz CT molecular complexity index is 328. The third-order valence-corrected chi connectivity index (χ3v) is 6.01. The van der Waals surface area contributed by atoms with E-state index in [9.17, 15) is 0 Å². The zero-order valence-electron chi connectivity index (χ0n) is 13.2. The SMILES string of the molecule is CC1CC(N2CC(C)(C3CC3)NCC2C)CCN1C. The van der Waals surface area contributed by atoms with Crippen LogP contribution in [0, 0.1) is 5.92 Å². The number of nitrogens with zero attached hydrogens (tertiary/aromatic N) is 2. The van der Waals surface area contributed by atoms with Crippen LogP contribution in [-0.4, -0.2) is 60.1 Å². The summed E-state index contributed by atoms with van der Waals surface area (Å²) < 4.78 is 0. The fourth-order valence-electron chi connectivity index (χ4n) is 4.14. The van der Waals surface area contributed by atoms with Crippen LogP contribution < -0.4 is 5.32 Å². The molecule has 1 aliphatic carbocycles. The van der Waals surface area contributed by atoms with E-state index in [0.29, 0.717) is 11.6 Å². The summed E-state index contributed by atoms with van der Waals surface area (Å²) in [5, 5.41) is 3.84. The molecule has 4 atom stereocenters. The van der Waals surface area contributed by atoms with Gasteiger partial charge >= 0.3 is 0 Å². The molecule has 0 bridgehead atoms. The molecule has 3 rings (SSSR count). The van der Waals surface area contributed by atoms with Gasteiger partial charge in [0.15, 0.2) is 0 Å². The smallest absolute Gasteiger partial charge is 0.0309 e. The number of piperidine rings is 1. The van der Waals surface area contributed by atoms with Gasteiger partial charge in [-0.25, -0.2) is 0 Å². The molecule has 1 N–H and O–H groups in total. The quantitative estimate of drug-likeness (QED) is 0.823. The van der Waals surface area contributed by atoms with Gasteiger partial charge in [-0.05, 0) is 66.0 Å². The van der Waals surface area contributed by atoms with E-state index in [4.69, 9.17) is 0 Å². The van der Waals surface area contributed by atoms with Crippen LogP contribution in [0.5, 0.6) is 0 Å². The molecule has 2 heterocycles. The van der Waals surface area contributed by atoms with Crippen molar-refractivity contribution in [2.45, 2.75) is 70.1 Å². The molecule has 1 saturated carbocycles. The highest BCUT2D eigenvalue weighted by molar-refractivity contribution is 5.05. The van der Waals surface area contributed by atoms with Crippen molar-refractivity contribution in [3.05, 3.63) is 0 Å². The molecule has 0 aromatic heterocycles. The second-order valence-corrected chi connectivity index (χ2v) is 7.60. The maximum absolute atomic E-state index is 3.84. The summed E-state index contributed by atoms with van der Waals surface area (Å²) in [4.78, 5) is 5.35. The van der Waals surface area contributed by atoms with Gasteiger partial charge < -0.3 is 10.2 Å². The van der Waals surface area contributed by atoms with E-state index in [1.807, 2.05) is 0 Å². The van der Waals surface area contributed by atoms with Crippen molar-refractivity contribution in [2.75, 3.05) is 26.7 Å². The molecule has 0 spiro atoms. The first-order valence-corrected chi connectivity index (χ1v) is 8.20. The standard InChI is InChI=1S/C16H31N3/c1-12-9-15(7-8-18(12)4)19-11-16(3,14-5-6-14)17-10-13(19)2/h12-15,17H,5-11H2,1-4H3. The molecule has 3 fully saturated rings. The molecule has 2 aliphatic heterocycles. The topological polar surface area (TPSA) is 18.5 Å². The van der Waals surface area contributed by atoms with Gasteiger partial charge in [0.1, 0.15) is 0 Å². The molecule has 2 saturated heterocycles. The van der Waals surface area contributed by atoms with Crippen LogP contribution in [0.3, 0.4) is 0 Å². The molecule has 4 unspecified atom stereocenters. The predicted molar refractivity (Wildman–Crippen MR) is 80.4 cm³/mol. The number of hydrogen-bond acceptors (Lipinski definition) is 3. The molecular formula is C16H31N3. The van der Waals surface area contributed by atoms with Crippen molar-refractivity contribution < 1.29 is 0 Å². The fraction of sp³-hybridized carbons (Fsp3) is 1.00. The van der Waals surface area contributed by atoms with E-state index in [-0.39, 0.29) is 0 Å². The minimum absolute atomic E-state index is 0.388. The van der Waals surface area contributed by atoms with Crippen molar-refractivity contribution in [2.24, 2.45) is 5.92 Å². The van der Waals surface area contributed by atoms with Gasteiger partial charge in [0.05, 0.1) is 0 Å². The minimum Gasteiger partial charge on any atom is -0.308 e. The van der Waals surface area contributed by atoms with Crippen LogP contribution in [-0.2, 0) is 0 Å². The van der Waals surface area contributed by atoms with Gasteiger partial charge in [-0.1, -0.05) is 0 Å². The third kappa shape index (κ3) is 2.70. The Morgan fingerprint density at radius 3 is 2.47 bits per heavy atom. The molecule has 0 aromatic rings. The predicted octanol–water partition coefficient (Wildman–Crippen LogP) is 1.93. The van der Waals surface area contributed by atoms with Crippen molar-refractivity contribution in [1.82, 2.24) is 15.1 Å². The second kappa shape index (κ2) is 5.01. The average molecular weight is 265 g/mol. The molecule has 110 valence electrons. The van der Waals surface area contributed by atoms with Crippen LogP contribution >= 0.6 is 0 Å². The molecule has 3 aliphatic rings. The summed E-state index contributed by atoms with van der Waals surface area (Å²) in [6, 6.07) is 2.25. The monoisotopic (exact) mass is 265 g/mol. The number of hydrogen-bond donors (Lipinski definition) is 1. The molecule has 3 heteroatoms. The first-order chi connectivity index (χ1) is 8.99. The van der Waals surface area contributed by atoms with E-state index in [1.54, 1.807) is 0 Å². The van der Waals surface area contributed by atoms with E-state index in [1.165, 1.54) is 45.3 Å². The highest BCUT2D eigenvalue weighted by Gasteiger charge is 2.46. The molecule has 3 nitrogen and oxygen atoms in total. The molecule has 0 aromatic carbocycles. The Kier molecular flexibility index (Phi) is 3.65. The first-order valence-electron chi connectivity index (χ1n) is 8.20. The van der Waals surface area contributed by atoms with E-state index >= 15 is 0 Å². The van der Waals surface area contributed by atoms with Crippen LogP contribution in [0.2, 0.25) is 0 Å². The lowest BCUT2D eigenvalue weighted by atomic mass is 9.87. The maximum Gasteiger partial charge on any atom is 0.0309 e. The summed E-state index contributed by atoms with van der Waals surface area (Å²) in [5.41, 5.74) is 0.388. The fourth-order valence-corrected chi connectivity index (χ4v) is 4.14. The normalized spacial score (nSPS) is 46.4. The highest BCUT2D eigenvalue weighted by atomic mass is 15.3. The third-order valence-electron chi connectivity index (χ3n) is 6.01. The van der Waals surface area contributed by atoms with Crippen molar-refractivity contribution in [3.63, 3.8) is 0 Å². The summed E-state index contributed by atoms with van der Waals surface area (Å²) in [7, 11) is 2.27. The highest BCUT2D eigenvalue weighted by Crippen LogP contribution is 2.42. The zero-order valence-corrected chi connectivity index (χ0v) is 13.2. The van der Waals surface area contributed by atoms with Crippen molar-refractivity contribution in [1.29, 1.82) is 0 Å². The van der Waals surface area contributed by atoms with Crippen LogP contribution in [0.25, 0.3) is 0 Å². The second-order valence-electron chi connectivity index (χ2n) is 7.60. The summed E-state index contributed by atoms with van der Waals surface area (Å²) >= 11 is 0. The largest absolute Gasteiger partial charge is 0.308 e. The molecular weight excluding hydrogens is 234 g/mol. The number of likely N-dealkylation sites (tertiary alicyclic amines) is 1. The number of nitrogens with one attached hydrogen (secondary N) is 1. The lowest BCUT2D eigenvalue weighted by Gasteiger charge is -2.51. The van der Waals surface area contributed by atoms with E-state index in [2.05, 4.69) is 42.9 Å². The Labute approximate surface area is 118 Å². The van der Waals surface area contributed by atoms with E-state index in [0.717, 1.165) is 18.0 Å². The zero-order chi connectivity index (χ0) is 13.6. The van der Waals surface area contributed by atoms with Gasteiger partial charge in [0, 0.05) is 36.8 Å². The van der Waals surface area contributed by atoms with Gasteiger partial charge in [-0.2, -0.15) is 0 Å². The molecule has 0 radical (unpaired) electrons. The van der Waals surface area contributed by atoms with Crippen LogP contribution in [0.1, 0.15) is 46.5 Å². The van der Waals surface area contributed by atoms with Crippen LogP contribution in [0.15, 0.2) is 0 Å². The van der Waals surface area contributed by atoms with Gasteiger partial charge in [-0.3, -0.25) is 4.90 Å². The lowest BCUT2D eigenvalue weighted by molar-refractivity contribution is 0.00970. The van der Waals surface area contributed by atoms with Gasteiger partial charge in [-0.15, -0.1) is 0 Å². The van der Waals surface area contributed by atoms with Crippen LogP contribution in [0.4, 0.5) is 0 Å². The number of piperazine rings is 1. The maximum atomic E-state index is 3.84. The minimum atomic E-state index is 0.388. The van der Waals surface area contributed by atoms with E-state index < -0.39 is 0 Å². The van der Waals surface area contributed by atoms with Gasteiger partial charge in [0.2, 0.25) is 0 Å². The Morgan fingerprint density at radius 1 is 1.11 bits per heavy atom. The Hall–Kier alpha value is -0.120. The Balaban J connectivity index is 1.68. The first kappa shape index (κ1) is 13.8. The van der Waals surface area contributed by atoms with Gasteiger partial charge in [0.25, 0.3) is 0 Å².